The molecule has 0 spiro atoms. The highest BCUT2D eigenvalue weighted by atomic mass is 16.6. The molecular weight excluding hydrogens is 278 g/mol. The maximum absolute atomic E-state index is 12.1. The molecule has 22 heavy (non-hydrogen) atoms. The van der Waals surface area contributed by atoms with E-state index in [-0.39, 0.29) is 6.09 Å². The van der Waals surface area contributed by atoms with Crippen LogP contribution in [0.2, 0.25) is 0 Å². The van der Waals surface area contributed by atoms with Gasteiger partial charge in [-0.15, -0.1) is 0 Å². The average molecular weight is 305 g/mol. The third-order valence-electron chi connectivity index (χ3n) is 3.78. The van der Waals surface area contributed by atoms with Crippen molar-refractivity contribution in [3.05, 3.63) is 29.8 Å². The summed E-state index contributed by atoms with van der Waals surface area (Å²) in [5.41, 5.74) is 7.30. The van der Waals surface area contributed by atoms with E-state index in [0.717, 1.165) is 18.8 Å². The van der Waals surface area contributed by atoms with Gasteiger partial charge in [0.2, 0.25) is 0 Å². The van der Waals surface area contributed by atoms with Crippen LogP contribution < -0.4 is 5.73 Å². The van der Waals surface area contributed by atoms with Gasteiger partial charge in [0.25, 0.3) is 0 Å². The fourth-order valence-corrected chi connectivity index (χ4v) is 2.58. The Labute approximate surface area is 133 Å². The molecule has 1 amide bonds. The fourth-order valence-electron chi connectivity index (χ4n) is 2.58. The lowest BCUT2D eigenvalue weighted by molar-refractivity contribution is 0.00461. The van der Waals surface area contributed by atoms with Crippen molar-refractivity contribution < 1.29 is 9.53 Å². The number of piperazine rings is 1. The molecule has 1 aromatic rings. The van der Waals surface area contributed by atoms with Crippen molar-refractivity contribution >= 4 is 11.8 Å². The first-order chi connectivity index (χ1) is 10.2. The zero-order valence-corrected chi connectivity index (χ0v) is 14.0. The number of carbonyl (C=O) groups excluding carboxylic acids is 1. The highest BCUT2D eigenvalue weighted by Crippen LogP contribution is 2.17. The summed E-state index contributed by atoms with van der Waals surface area (Å²) in [5, 5.41) is 0. The van der Waals surface area contributed by atoms with Crippen LogP contribution in [0.5, 0.6) is 0 Å². The molecule has 0 aromatic heterocycles. The number of nitrogens with zero attached hydrogens (tertiary/aromatic N) is 2. The van der Waals surface area contributed by atoms with Crippen molar-refractivity contribution in [2.45, 2.75) is 45.9 Å². The van der Waals surface area contributed by atoms with Gasteiger partial charge in [-0.2, -0.15) is 0 Å². The number of hydrogen-bond donors (Lipinski definition) is 1. The molecule has 5 nitrogen and oxygen atoms in total. The van der Waals surface area contributed by atoms with Gasteiger partial charge in [0.05, 0.1) is 0 Å². The number of amides is 1. The van der Waals surface area contributed by atoms with Crippen molar-refractivity contribution in [1.82, 2.24) is 9.80 Å². The number of rotatable bonds is 2. The summed E-state index contributed by atoms with van der Waals surface area (Å²) >= 11 is 0. The number of nitrogens with two attached hydrogens (primary N) is 1. The van der Waals surface area contributed by atoms with Crippen LogP contribution in [0.3, 0.4) is 0 Å². The van der Waals surface area contributed by atoms with Gasteiger partial charge in [-0.05, 0) is 45.4 Å². The minimum atomic E-state index is -0.443. The zero-order chi connectivity index (χ0) is 16.3. The van der Waals surface area contributed by atoms with Crippen LogP contribution in [0.1, 0.15) is 33.3 Å². The third-order valence-corrected chi connectivity index (χ3v) is 3.78. The number of nitrogen functional groups attached to an aromatic ring is 1. The van der Waals surface area contributed by atoms with E-state index in [4.69, 9.17) is 10.5 Å². The molecule has 1 aliphatic heterocycles. The van der Waals surface area contributed by atoms with Gasteiger partial charge in [-0.3, -0.25) is 4.90 Å². The van der Waals surface area contributed by atoms with E-state index >= 15 is 0 Å². The third kappa shape index (κ3) is 4.63. The van der Waals surface area contributed by atoms with Gasteiger partial charge in [-0.25, -0.2) is 4.79 Å². The van der Waals surface area contributed by atoms with Crippen LogP contribution in [-0.4, -0.2) is 47.2 Å². The zero-order valence-electron chi connectivity index (χ0n) is 14.0. The van der Waals surface area contributed by atoms with Gasteiger partial charge >= 0.3 is 6.09 Å². The standard InChI is InChI=1S/C17H27N3O2/c1-13-11-20(16(21)22-17(2,3)4)10-9-19(13)12-14-5-7-15(18)8-6-14/h5-8,13H,9-12,18H2,1-4H3/t13-/m1/s1. The number of carbonyl (C=O) groups is 1. The molecule has 122 valence electrons. The molecule has 1 atom stereocenters. The first-order valence-corrected chi connectivity index (χ1v) is 7.81. The molecule has 0 radical (unpaired) electrons. The van der Waals surface area contributed by atoms with Crippen LogP contribution in [0.25, 0.3) is 0 Å². The highest BCUT2D eigenvalue weighted by molar-refractivity contribution is 5.68. The van der Waals surface area contributed by atoms with Crippen molar-refractivity contribution in [3.63, 3.8) is 0 Å². The van der Waals surface area contributed by atoms with E-state index in [0.29, 0.717) is 19.1 Å². The molecule has 1 aliphatic rings. The van der Waals surface area contributed by atoms with E-state index in [1.54, 1.807) is 4.90 Å². The van der Waals surface area contributed by atoms with Crippen molar-refractivity contribution in [2.24, 2.45) is 0 Å². The Balaban J connectivity index is 1.90. The number of anilines is 1. The number of benzene rings is 1. The molecule has 5 heteroatoms. The summed E-state index contributed by atoms with van der Waals surface area (Å²) < 4.78 is 5.45. The Morgan fingerprint density at radius 2 is 1.91 bits per heavy atom. The molecule has 0 bridgehead atoms. The van der Waals surface area contributed by atoms with Crippen LogP contribution in [0.15, 0.2) is 24.3 Å². The summed E-state index contributed by atoms with van der Waals surface area (Å²) in [5.74, 6) is 0. The molecule has 1 saturated heterocycles. The summed E-state index contributed by atoms with van der Waals surface area (Å²) in [6.45, 7) is 11.0. The molecule has 1 heterocycles. The number of ether oxygens (including phenoxy) is 1. The van der Waals surface area contributed by atoms with E-state index in [1.807, 2.05) is 32.9 Å². The largest absolute Gasteiger partial charge is 0.444 e. The Hall–Kier alpha value is -1.75. The summed E-state index contributed by atoms with van der Waals surface area (Å²) in [7, 11) is 0. The number of hydrogen-bond acceptors (Lipinski definition) is 4. The second-order valence-electron chi connectivity index (χ2n) is 6.99. The Bertz CT molecular complexity index is 508. The van der Waals surface area contributed by atoms with Crippen molar-refractivity contribution in [1.29, 1.82) is 0 Å². The summed E-state index contributed by atoms with van der Waals surface area (Å²) in [6, 6.07) is 8.28. The topological polar surface area (TPSA) is 58.8 Å². The molecule has 1 aromatic carbocycles. The molecule has 0 aliphatic carbocycles. The lowest BCUT2D eigenvalue weighted by Gasteiger charge is -2.40. The Kier molecular flexibility index (Phi) is 4.96. The molecule has 2 N–H and O–H groups in total. The molecular formula is C17H27N3O2. The van der Waals surface area contributed by atoms with Crippen molar-refractivity contribution in [3.8, 4) is 0 Å². The molecule has 0 saturated carbocycles. The first kappa shape index (κ1) is 16.6. The van der Waals surface area contributed by atoms with Gasteiger partial charge in [0, 0.05) is 37.9 Å². The van der Waals surface area contributed by atoms with Crippen LogP contribution in [0, 0.1) is 0 Å². The second-order valence-corrected chi connectivity index (χ2v) is 6.99. The molecule has 1 fully saturated rings. The highest BCUT2D eigenvalue weighted by Gasteiger charge is 2.29. The van der Waals surface area contributed by atoms with E-state index in [1.165, 1.54) is 5.56 Å². The van der Waals surface area contributed by atoms with E-state index in [2.05, 4.69) is 24.0 Å². The predicted octanol–water partition coefficient (Wildman–Crippen LogP) is 2.71. The fraction of sp³-hybridized carbons (Fsp3) is 0.588. The lowest BCUT2D eigenvalue weighted by Crippen LogP contribution is -2.54. The Morgan fingerprint density at radius 1 is 1.27 bits per heavy atom. The lowest BCUT2D eigenvalue weighted by atomic mass is 10.1. The van der Waals surface area contributed by atoms with Gasteiger partial charge < -0.3 is 15.4 Å². The van der Waals surface area contributed by atoms with Crippen LogP contribution >= 0.6 is 0 Å². The van der Waals surface area contributed by atoms with Crippen molar-refractivity contribution in [2.75, 3.05) is 25.4 Å². The van der Waals surface area contributed by atoms with Crippen LogP contribution in [-0.2, 0) is 11.3 Å². The molecule has 2 rings (SSSR count). The van der Waals surface area contributed by atoms with E-state index < -0.39 is 5.60 Å². The summed E-state index contributed by atoms with van der Waals surface area (Å²) in [6.07, 6.45) is -0.216. The van der Waals surface area contributed by atoms with Gasteiger partial charge in [0.15, 0.2) is 0 Å². The van der Waals surface area contributed by atoms with E-state index in [9.17, 15) is 4.79 Å². The summed E-state index contributed by atoms with van der Waals surface area (Å²) in [4.78, 5) is 16.3. The van der Waals surface area contributed by atoms with Gasteiger partial charge in [-0.1, -0.05) is 12.1 Å². The monoisotopic (exact) mass is 305 g/mol. The minimum absolute atomic E-state index is 0.216. The normalized spacial score (nSPS) is 20.0. The SMILES string of the molecule is C[C@@H]1CN(C(=O)OC(C)(C)C)CCN1Cc1ccc(N)cc1. The van der Waals surface area contributed by atoms with Crippen LogP contribution in [0.4, 0.5) is 10.5 Å². The minimum Gasteiger partial charge on any atom is -0.444 e. The maximum atomic E-state index is 12.1. The second kappa shape index (κ2) is 6.57. The Morgan fingerprint density at radius 3 is 2.45 bits per heavy atom. The first-order valence-electron chi connectivity index (χ1n) is 7.81. The predicted molar refractivity (Wildman–Crippen MR) is 88.5 cm³/mol. The van der Waals surface area contributed by atoms with Gasteiger partial charge in [0.1, 0.15) is 5.60 Å². The smallest absolute Gasteiger partial charge is 0.410 e. The quantitative estimate of drug-likeness (QED) is 0.854. The molecule has 0 unspecified atom stereocenters. The average Bonchev–Trinajstić information content (AvgIpc) is 2.41. The maximum Gasteiger partial charge on any atom is 0.410 e.